The number of likely N-dealkylation sites (tertiary alicyclic amines) is 1. The second-order valence-electron chi connectivity index (χ2n) is 7.47. The van der Waals surface area contributed by atoms with Gasteiger partial charge in [-0.1, -0.05) is 6.92 Å². The lowest BCUT2D eigenvalue weighted by atomic mass is 9.97. The number of aliphatic imine (C=N–C) groups is 1. The molecule has 2 fully saturated rings. The van der Waals surface area contributed by atoms with Gasteiger partial charge in [-0.25, -0.2) is 0 Å². The van der Waals surface area contributed by atoms with Gasteiger partial charge in [0, 0.05) is 39.8 Å². The maximum absolute atomic E-state index is 12.4. The van der Waals surface area contributed by atoms with E-state index in [2.05, 4.69) is 27.0 Å². The number of nitrogens with one attached hydrogen (secondary N) is 1. The second kappa shape index (κ2) is 11.6. The Morgan fingerprint density at radius 1 is 1.18 bits per heavy atom. The van der Waals surface area contributed by atoms with E-state index in [1.807, 2.05) is 11.9 Å². The van der Waals surface area contributed by atoms with Gasteiger partial charge in [-0.05, 0) is 56.9 Å². The van der Waals surface area contributed by atoms with Crippen molar-refractivity contribution in [2.75, 3.05) is 59.4 Å². The number of amides is 1. The Hall–Kier alpha value is -1.29. The van der Waals surface area contributed by atoms with Gasteiger partial charge in [0.25, 0.3) is 5.91 Å². The number of piperazine rings is 1. The Labute approximate surface area is 185 Å². The molecule has 0 aromatic carbocycles. The monoisotopic (exact) mass is 503 g/mol. The summed E-state index contributed by atoms with van der Waals surface area (Å²) in [6.45, 7) is 9.85. The molecule has 0 unspecified atom stereocenters. The summed E-state index contributed by atoms with van der Waals surface area (Å²) in [7, 11) is 1.84. The van der Waals surface area contributed by atoms with E-state index >= 15 is 0 Å². The number of guanidine groups is 1. The Balaban J connectivity index is 0.00000280. The highest BCUT2D eigenvalue weighted by atomic mass is 127. The van der Waals surface area contributed by atoms with E-state index in [1.54, 1.807) is 18.4 Å². The van der Waals surface area contributed by atoms with Crippen molar-refractivity contribution in [2.45, 2.75) is 26.2 Å². The van der Waals surface area contributed by atoms with Gasteiger partial charge >= 0.3 is 0 Å². The number of rotatable bonds is 5. The molecule has 0 atom stereocenters. The molecule has 158 valence electrons. The lowest BCUT2D eigenvalue weighted by Gasteiger charge is -2.37. The van der Waals surface area contributed by atoms with Gasteiger partial charge in [-0.3, -0.25) is 9.79 Å². The summed E-state index contributed by atoms with van der Waals surface area (Å²) < 4.78 is 5.23. The van der Waals surface area contributed by atoms with E-state index < -0.39 is 0 Å². The minimum absolute atomic E-state index is 0. The molecular weight excluding hydrogens is 469 g/mol. The normalized spacial score (nSPS) is 19.4. The quantitative estimate of drug-likeness (QED) is 0.380. The zero-order chi connectivity index (χ0) is 19.1. The van der Waals surface area contributed by atoms with Gasteiger partial charge < -0.3 is 24.4 Å². The maximum atomic E-state index is 12.4. The van der Waals surface area contributed by atoms with Crippen LogP contribution in [0.25, 0.3) is 0 Å². The first-order valence-corrected chi connectivity index (χ1v) is 10.2. The lowest BCUT2D eigenvalue weighted by Crippen LogP contribution is -2.54. The van der Waals surface area contributed by atoms with Gasteiger partial charge in [0.05, 0.1) is 6.26 Å². The first kappa shape index (κ1) is 23.0. The van der Waals surface area contributed by atoms with Crippen LogP contribution in [0.1, 0.15) is 36.7 Å². The summed E-state index contributed by atoms with van der Waals surface area (Å²) in [6.07, 6.45) is 5.30. The molecule has 28 heavy (non-hydrogen) atoms. The van der Waals surface area contributed by atoms with Crippen molar-refractivity contribution in [3.8, 4) is 0 Å². The summed E-state index contributed by atoms with van der Waals surface area (Å²) in [5.41, 5.74) is 0. The minimum atomic E-state index is -0.0264. The Morgan fingerprint density at radius 2 is 1.86 bits per heavy atom. The zero-order valence-corrected chi connectivity index (χ0v) is 19.4. The molecule has 1 aromatic rings. The molecule has 1 amide bonds. The van der Waals surface area contributed by atoms with Crippen LogP contribution in [-0.4, -0.2) is 86.0 Å². The average molecular weight is 503 g/mol. The van der Waals surface area contributed by atoms with Crippen LogP contribution >= 0.6 is 24.0 Å². The predicted molar refractivity (Wildman–Crippen MR) is 122 cm³/mol. The first-order valence-electron chi connectivity index (χ1n) is 10.2. The number of halogens is 1. The Morgan fingerprint density at radius 3 is 2.43 bits per heavy atom. The fourth-order valence-electron chi connectivity index (χ4n) is 3.98. The van der Waals surface area contributed by atoms with Gasteiger partial charge in [-0.15, -0.1) is 24.0 Å². The smallest absolute Gasteiger partial charge is 0.289 e. The van der Waals surface area contributed by atoms with Crippen LogP contribution in [0.3, 0.4) is 0 Å². The van der Waals surface area contributed by atoms with E-state index in [0.717, 1.165) is 31.5 Å². The second-order valence-corrected chi connectivity index (χ2v) is 7.47. The SMILES string of the molecule is CCCN1CCC(CNC(=NC)N2CCN(C(=O)c3ccco3)CC2)CC1.I. The van der Waals surface area contributed by atoms with Crippen LogP contribution in [0.4, 0.5) is 0 Å². The lowest BCUT2D eigenvalue weighted by molar-refractivity contribution is 0.0657. The third-order valence-corrected chi connectivity index (χ3v) is 5.61. The molecule has 0 spiro atoms. The van der Waals surface area contributed by atoms with Crippen LogP contribution < -0.4 is 5.32 Å². The van der Waals surface area contributed by atoms with Crippen LogP contribution in [0.2, 0.25) is 0 Å². The van der Waals surface area contributed by atoms with Crippen LogP contribution in [-0.2, 0) is 0 Å². The molecule has 3 heterocycles. The third kappa shape index (κ3) is 6.10. The summed E-state index contributed by atoms with van der Waals surface area (Å²) in [6, 6.07) is 3.48. The van der Waals surface area contributed by atoms with Crippen molar-refractivity contribution >= 4 is 35.8 Å². The molecule has 0 bridgehead atoms. The van der Waals surface area contributed by atoms with Crippen molar-refractivity contribution in [3.05, 3.63) is 24.2 Å². The van der Waals surface area contributed by atoms with Crippen molar-refractivity contribution in [1.82, 2.24) is 20.0 Å². The predicted octanol–water partition coefficient (Wildman–Crippen LogP) is 2.35. The van der Waals surface area contributed by atoms with E-state index in [4.69, 9.17) is 4.42 Å². The van der Waals surface area contributed by atoms with E-state index in [0.29, 0.717) is 18.8 Å². The number of hydrogen-bond acceptors (Lipinski definition) is 4. The molecular formula is C20H34IN5O2. The molecule has 0 aliphatic carbocycles. The van der Waals surface area contributed by atoms with Crippen LogP contribution in [0, 0.1) is 5.92 Å². The molecule has 8 heteroatoms. The molecule has 2 aliphatic rings. The summed E-state index contributed by atoms with van der Waals surface area (Å²) in [4.78, 5) is 23.5. The maximum Gasteiger partial charge on any atom is 0.289 e. The van der Waals surface area contributed by atoms with E-state index in [-0.39, 0.29) is 29.9 Å². The first-order chi connectivity index (χ1) is 13.2. The summed E-state index contributed by atoms with van der Waals surface area (Å²) in [5, 5.41) is 3.56. The molecule has 2 aliphatic heterocycles. The van der Waals surface area contributed by atoms with Crippen molar-refractivity contribution in [1.29, 1.82) is 0 Å². The zero-order valence-electron chi connectivity index (χ0n) is 17.1. The number of furan rings is 1. The van der Waals surface area contributed by atoms with Crippen molar-refractivity contribution < 1.29 is 9.21 Å². The Bertz CT molecular complexity index is 606. The standard InChI is InChI=1S/C20H33N5O2.HI/c1-3-8-23-9-6-17(7-10-23)16-22-20(21-2)25-13-11-24(12-14-25)19(26)18-5-4-15-27-18;/h4-5,15,17H,3,6-14,16H2,1-2H3,(H,21,22);1H. The highest BCUT2D eigenvalue weighted by Crippen LogP contribution is 2.17. The molecule has 0 radical (unpaired) electrons. The van der Waals surface area contributed by atoms with E-state index in [9.17, 15) is 4.79 Å². The van der Waals surface area contributed by atoms with E-state index in [1.165, 1.54) is 38.9 Å². The molecule has 7 nitrogen and oxygen atoms in total. The van der Waals surface area contributed by atoms with Crippen molar-refractivity contribution in [2.24, 2.45) is 10.9 Å². The van der Waals surface area contributed by atoms with Crippen molar-refractivity contribution in [3.63, 3.8) is 0 Å². The topological polar surface area (TPSA) is 64.3 Å². The minimum Gasteiger partial charge on any atom is -0.459 e. The average Bonchev–Trinajstić information content (AvgIpc) is 3.25. The number of nitrogens with zero attached hydrogens (tertiary/aromatic N) is 4. The van der Waals surface area contributed by atoms with Gasteiger partial charge in [-0.2, -0.15) is 0 Å². The third-order valence-electron chi connectivity index (χ3n) is 5.61. The summed E-state index contributed by atoms with van der Waals surface area (Å²) >= 11 is 0. The fraction of sp³-hybridized carbons (Fsp3) is 0.700. The molecule has 1 N–H and O–H groups in total. The largest absolute Gasteiger partial charge is 0.459 e. The summed E-state index contributed by atoms with van der Waals surface area (Å²) in [5.74, 6) is 2.06. The molecule has 0 saturated carbocycles. The Kier molecular flexibility index (Phi) is 9.57. The fourth-order valence-corrected chi connectivity index (χ4v) is 3.98. The van der Waals surface area contributed by atoms with Gasteiger partial charge in [0.1, 0.15) is 0 Å². The number of carbonyl (C=O) groups is 1. The van der Waals surface area contributed by atoms with Gasteiger partial charge in [0.2, 0.25) is 0 Å². The molecule has 1 aromatic heterocycles. The number of carbonyl (C=O) groups excluding carboxylic acids is 1. The van der Waals surface area contributed by atoms with Crippen LogP contribution in [0.5, 0.6) is 0 Å². The highest BCUT2D eigenvalue weighted by Gasteiger charge is 2.26. The van der Waals surface area contributed by atoms with Crippen LogP contribution in [0.15, 0.2) is 27.8 Å². The number of hydrogen-bond donors (Lipinski definition) is 1. The highest BCUT2D eigenvalue weighted by molar-refractivity contribution is 14.0. The number of piperidine rings is 1. The molecule has 2 saturated heterocycles. The molecule has 3 rings (SSSR count). The van der Waals surface area contributed by atoms with Gasteiger partial charge in [0.15, 0.2) is 11.7 Å².